The van der Waals surface area contributed by atoms with Gasteiger partial charge in [-0.1, -0.05) is 34.1 Å². The maximum absolute atomic E-state index is 11.2. The zero-order chi connectivity index (χ0) is 11.5. The van der Waals surface area contributed by atoms with Crippen LogP contribution in [0.15, 0.2) is 33.6 Å². The molecule has 5 heteroatoms. The average molecular weight is 286 g/mol. The summed E-state index contributed by atoms with van der Waals surface area (Å²) in [6, 6.07) is 8.76. The van der Waals surface area contributed by atoms with Crippen LogP contribution in [-0.4, -0.2) is 14.7 Å². The molecule has 0 atom stereocenters. The third kappa shape index (κ3) is 3.18. The van der Waals surface area contributed by atoms with Crippen molar-refractivity contribution < 1.29 is 8.42 Å². The smallest absolute Gasteiger partial charge is 0.185 e. The molecule has 0 aromatic heterocycles. The molecule has 0 aliphatic rings. The summed E-state index contributed by atoms with van der Waals surface area (Å²) in [6.07, 6.45) is 2.36. The molecule has 0 saturated carbocycles. The molecule has 0 radical (unpaired) electrons. The lowest BCUT2D eigenvalue weighted by Gasteiger charge is -1.98. The van der Waals surface area contributed by atoms with Crippen LogP contribution >= 0.6 is 15.9 Å². The van der Waals surface area contributed by atoms with Crippen LogP contribution in [0.4, 0.5) is 0 Å². The molecule has 0 bridgehead atoms. The summed E-state index contributed by atoms with van der Waals surface area (Å²) in [5.41, 5.74) is 0.666. The first-order chi connectivity index (χ1) is 6.95. The number of hydrogen-bond donors (Lipinski definition) is 0. The lowest BCUT2D eigenvalue weighted by atomic mass is 10.2. The molecule has 0 aliphatic heterocycles. The van der Waals surface area contributed by atoms with E-state index in [1.54, 1.807) is 24.3 Å². The van der Waals surface area contributed by atoms with E-state index in [0.717, 1.165) is 10.7 Å². The van der Waals surface area contributed by atoms with Crippen molar-refractivity contribution >= 4 is 31.8 Å². The van der Waals surface area contributed by atoms with E-state index in [1.165, 1.54) is 6.08 Å². The van der Waals surface area contributed by atoms with Gasteiger partial charge in [-0.25, -0.2) is 8.42 Å². The molecular weight excluding hydrogens is 278 g/mol. The Kier molecular flexibility index (Phi) is 3.66. The lowest BCUT2D eigenvalue weighted by molar-refractivity contribution is 0.609. The van der Waals surface area contributed by atoms with Crippen molar-refractivity contribution in [2.75, 3.05) is 6.26 Å². The number of nitriles is 1. The highest BCUT2D eigenvalue weighted by molar-refractivity contribution is 9.10. The fourth-order valence-electron chi connectivity index (χ4n) is 0.956. The summed E-state index contributed by atoms with van der Waals surface area (Å²) in [7, 11) is -3.45. The molecule has 0 spiro atoms. The van der Waals surface area contributed by atoms with E-state index in [4.69, 9.17) is 5.26 Å². The second-order valence-electron chi connectivity index (χ2n) is 2.91. The van der Waals surface area contributed by atoms with Crippen LogP contribution in [0.25, 0.3) is 6.08 Å². The van der Waals surface area contributed by atoms with Crippen molar-refractivity contribution in [2.24, 2.45) is 0 Å². The lowest BCUT2D eigenvalue weighted by Crippen LogP contribution is -1.98. The Hall–Kier alpha value is -1.12. The summed E-state index contributed by atoms with van der Waals surface area (Å²) >= 11 is 3.27. The number of rotatable bonds is 2. The molecule has 1 aromatic carbocycles. The Morgan fingerprint density at radius 1 is 1.47 bits per heavy atom. The van der Waals surface area contributed by atoms with Gasteiger partial charge >= 0.3 is 0 Å². The Morgan fingerprint density at radius 2 is 2.07 bits per heavy atom. The molecule has 3 nitrogen and oxygen atoms in total. The van der Waals surface area contributed by atoms with Crippen LogP contribution < -0.4 is 0 Å². The third-order valence-corrected chi connectivity index (χ3v) is 3.43. The van der Waals surface area contributed by atoms with Crippen molar-refractivity contribution in [2.45, 2.75) is 0 Å². The highest BCUT2D eigenvalue weighted by atomic mass is 79.9. The zero-order valence-corrected chi connectivity index (χ0v) is 10.3. The molecule has 78 valence electrons. The number of hydrogen-bond acceptors (Lipinski definition) is 3. The minimum atomic E-state index is -3.45. The standard InChI is InChI=1S/C10H8BrNO2S/c1-15(13,14)9(7-12)6-8-4-2-3-5-10(8)11/h2-6H,1H3. The highest BCUT2D eigenvalue weighted by Crippen LogP contribution is 2.20. The SMILES string of the molecule is CS(=O)(=O)C(C#N)=Cc1ccccc1Br. The maximum Gasteiger partial charge on any atom is 0.185 e. The molecular formula is C10H8BrNO2S. The molecule has 0 saturated heterocycles. The molecule has 0 aliphatic carbocycles. The number of sulfone groups is 1. The number of allylic oxidation sites excluding steroid dienone is 1. The fraction of sp³-hybridized carbons (Fsp3) is 0.100. The van der Waals surface area contributed by atoms with Crippen molar-refractivity contribution in [3.05, 3.63) is 39.2 Å². The molecule has 0 fully saturated rings. The first-order valence-electron chi connectivity index (χ1n) is 4.01. The summed E-state index contributed by atoms with van der Waals surface area (Å²) in [5, 5.41) is 8.70. The van der Waals surface area contributed by atoms with Crippen molar-refractivity contribution in [1.82, 2.24) is 0 Å². The van der Waals surface area contributed by atoms with Gasteiger partial charge in [-0.15, -0.1) is 0 Å². The van der Waals surface area contributed by atoms with Gasteiger partial charge in [0.2, 0.25) is 0 Å². The van der Waals surface area contributed by atoms with Crippen LogP contribution in [0.1, 0.15) is 5.56 Å². The van der Waals surface area contributed by atoms with Gasteiger partial charge in [-0.05, 0) is 17.7 Å². The van der Waals surface area contributed by atoms with Crippen LogP contribution in [-0.2, 0) is 9.84 Å². The van der Waals surface area contributed by atoms with E-state index < -0.39 is 9.84 Å². The predicted octanol–water partition coefficient (Wildman–Crippen LogP) is 2.36. The highest BCUT2D eigenvalue weighted by Gasteiger charge is 2.10. The van der Waals surface area contributed by atoms with Crippen LogP contribution in [0.2, 0.25) is 0 Å². The molecule has 0 heterocycles. The van der Waals surface area contributed by atoms with Gasteiger partial charge in [0.25, 0.3) is 0 Å². The van der Waals surface area contributed by atoms with Gasteiger partial charge < -0.3 is 0 Å². The van der Waals surface area contributed by atoms with E-state index in [2.05, 4.69) is 15.9 Å². The fourth-order valence-corrected chi connectivity index (χ4v) is 1.86. The van der Waals surface area contributed by atoms with E-state index in [-0.39, 0.29) is 4.91 Å². The Labute approximate surface area is 97.1 Å². The van der Waals surface area contributed by atoms with Crippen molar-refractivity contribution in [1.29, 1.82) is 5.26 Å². The quantitative estimate of drug-likeness (QED) is 0.784. The largest absolute Gasteiger partial charge is 0.223 e. The van der Waals surface area contributed by atoms with Crippen molar-refractivity contribution in [3.63, 3.8) is 0 Å². The molecule has 1 rings (SSSR count). The van der Waals surface area contributed by atoms with E-state index in [1.807, 2.05) is 6.07 Å². The number of halogens is 1. The summed E-state index contributed by atoms with van der Waals surface area (Å²) < 4.78 is 23.1. The summed E-state index contributed by atoms with van der Waals surface area (Å²) in [6.45, 7) is 0. The van der Waals surface area contributed by atoms with Crippen LogP contribution in [0.3, 0.4) is 0 Å². The topological polar surface area (TPSA) is 57.9 Å². The predicted molar refractivity (Wildman–Crippen MR) is 62.6 cm³/mol. The van der Waals surface area contributed by atoms with Gasteiger partial charge in [0.1, 0.15) is 11.0 Å². The molecule has 0 unspecified atom stereocenters. The Morgan fingerprint density at radius 3 is 2.53 bits per heavy atom. The normalized spacial score (nSPS) is 12.2. The average Bonchev–Trinajstić information content (AvgIpc) is 2.14. The van der Waals surface area contributed by atoms with Crippen LogP contribution in [0.5, 0.6) is 0 Å². The molecule has 1 aromatic rings. The molecule has 0 amide bonds. The number of nitrogens with zero attached hydrogens (tertiary/aromatic N) is 1. The zero-order valence-electron chi connectivity index (χ0n) is 7.94. The summed E-state index contributed by atoms with van der Waals surface area (Å²) in [4.78, 5) is -0.241. The van der Waals surface area contributed by atoms with Gasteiger partial charge in [-0.2, -0.15) is 5.26 Å². The Bertz CT molecular complexity index is 541. The van der Waals surface area contributed by atoms with E-state index in [9.17, 15) is 8.42 Å². The molecule has 0 N–H and O–H groups in total. The van der Waals surface area contributed by atoms with E-state index in [0.29, 0.717) is 5.56 Å². The number of benzene rings is 1. The Balaban J connectivity index is 3.30. The maximum atomic E-state index is 11.2. The first-order valence-corrected chi connectivity index (χ1v) is 6.70. The second-order valence-corrected chi connectivity index (χ2v) is 5.75. The van der Waals surface area contributed by atoms with Gasteiger partial charge in [-0.3, -0.25) is 0 Å². The minimum Gasteiger partial charge on any atom is -0.223 e. The van der Waals surface area contributed by atoms with Crippen LogP contribution in [0, 0.1) is 11.3 Å². The molecule has 15 heavy (non-hydrogen) atoms. The second kappa shape index (κ2) is 4.60. The summed E-state index contributed by atoms with van der Waals surface area (Å²) in [5.74, 6) is 0. The van der Waals surface area contributed by atoms with Crippen molar-refractivity contribution in [3.8, 4) is 6.07 Å². The van der Waals surface area contributed by atoms with E-state index >= 15 is 0 Å². The minimum absolute atomic E-state index is 0.241. The van der Waals surface area contributed by atoms with Gasteiger partial charge in [0.05, 0.1) is 0 Å². The first kappa shape index (κ1) is 12.0. The third-order valence-electron chi connectivity index (χ3n) is 1.70. The monoisotopic (exact) mass is 285 g/mol. The van der Waals surface area contributed by atoms with Gasteiger partial charge in [0.15, 0.2) is 9.84 Å². The van der Waals surface area contributed by atoms with Gasteiger partial charge in [0, 0.05) is 10.7 Å².